The highest BCUT2D eigenvalue weighted by atomic mass is 32.2. The topological polar surface area (TPSA) is 87.3 Å². The number of nitrogens with one attached hydrogen (secondary N) is 3. The second-order valence-corrected chi connectivity index (χ2v) is 7.69. The number of fused-ring (bicyclic) bond motifs is 1. The number of aryl methyl sites for hydroxylation is 3. The molecule has 24 heavy (non-hydrogen) atoms. The van der Waals surface area contributed by atoms with Gasteiger partial charge in [0.2, 0.25) is 10.0 Å². The summed E-state index contributed by atoms with van der Waals surface area (Å²) in [5, 5.41) is 5.70. The summed E-state index contributed by atoms with van der Waals surface area (Å²) in [5.41, 5.74) is 3.99. The lowest BCUT2D eigenvalue weighted by molar-refractivity contribution is -0.117. The Labute approximate surface area is 141 Å². The average Bonchev–Trinajstić information content (AvgIpc) is 2.48. The Bertz CT molecular complexity index is 923. The van der Waals surface area contributed by atoms with Crippen LogP contribution in [0.3, 0.4) is 0 Å². The molecule has 1 atom stereocenters. The van der Waals surface area contributed by atoms with Crippen molar-refractivity contribution in [3.05, 3.63) is 53.1 Å². The second-order valence-electron chi connectivity index (χ2n) is 6.01. The fraction of sp³-hybridized carbons (Fsp3) is 0.235. The summed E-state index contributed by atoms with van der Waals surface area (Å²) in [6, 6.07) is 10.6. The number of carbonyl (C=O) groups is 1. The summed E-state index contributed by atoms with van der Waals surface area (Å²) in [6.07, 6.45) is -1.06. The van der Waals surface area contributed by atoms with Gasteiger partial charge in [-0.1, -0.05) is 23.8 Å². The molecule has 126 valence electrons. The molecule has 2 aromatic rings. The zero-order valence-electron chi connectivity index (χ0n) is 13.7. The van der Waals surface area contributed by atoms with Crippen molar-refractivity contribution in [3.63, 3.8) is 0 Å². The van der Waals surface area contributed by atoms with Crippen molar-refractivity contribution in [2.75, 3.05) is 10.6 Å². The Balaban J connectivity index is 1.87. The Morgan fingerprint density at radius 1 is 1.04 bits per heavy atom. The molecule has 1 aliphatic rings. The SMILES string of the molecule is Cc1ccc(NC(=O)[C@H]2Nc3cc(C)ccc3S(=O)(=O)N2)c(C)c1. The van der Waals surface area contributed by atoms with E-state index >= 15 is 0 Å². The number of sulfonamides is 1. The van der Waals surface area contributed by atoms with Crippen LogP contribution in [0, 0.1) is 20.8 Å². The number of amides is 1. The lowest BCUT2D eigenvalue weighted by atomic mass is 10.1. The summed E-state index contributed by atoms with van der Waals surface area (Å²) in [7, 11) is -3.74. The fourth-order valence-electron chi connectivity index (χ4n) is 2.67. The molecule has 3 rings (SSSR count). The zero-order valence-corrected chi connectivity index (χ0v) is 14.5. The zero-order chi connectivity index (χ0) is 17.5. The van der Waals surface area contributed by atoms with Crippen molar-refractivity contribution in [1.82, 2.24) is 4.72 Å². The van der Waals surface area contributed by atoms with Crippen molar-refractivity contribution in [3.8, 4) is 0 Å². The third kappa shape index (κ3) is 3.13. The molecular formula is C17H19N3O3S. The van der Waals surface area contributed by atoms with E-state index in [1.807, 2.05) is 32.9 Å². The van der Waals surface area contributed by atoms with Crippen LogP contribution >= 0.6 is 0 Å². The van der Waals surface area contributed by atoms with Crippen molar-refractivity contribution in [1.29, 1.82) is 0 Å². The van der Waals surface area contributed by atoms with Gasteiger partial charge in [-0.2, -0.15) is 4.72 Å². The van der Waals surface area contributed by atoms with E-state index in [0.29, 0.717) is 11.4 Å². The van der Waals surface area contributed by atoms with Gasteiger partial charge in [0.15, 0.2) is 6.17 Å². The predicted octanol–water partition coefficient (Wildman–Crippen LogP) is 2.28. The third-order valence-electron chi connectivity index (χ3n) is 3.90. The highest BCUT2D eigenvalue weighted by Crippen LogP contribution is 2.27. The normalized spacial score (nSPS) is 18.4. The molecule has 0 aromatic heterocycles. The van der Waals surface area contributed by atoms with Gasteiger partial charge in [0.05, 0.1) is 5.69 Å². The first-order valence-electron chi connectivity index (χ1n) is 7.54. The first-order chi connectivity index (χ1) is 11.3. The first kappa shape index (κ1) is 16.5. The summed E-state index contributed by atoms with van der Waals surface area (Å²) in [6.45, 7) is 5.72. The lowest BCUT2D eigenvalue weighted by Crippen LogP contribution is -2.51. The molecule has 1 amide bonds. The standard InChI is InChI=1S/C17H19N3O3S/c1-10-4-6-13(12(3)8-10)19-17(21)16-18-14-9-11(2)5-7-15(14)24(22,23)20-16/h4-9,16,18,20H,1-3H3,(H,19,21)/t16-/m0/s1. The monoisotopic (exact) mass is 345 g/mol. The van der Waals surface area contributed by atoms with Crippen LogP contribution in [-0.2, 0) is 14.8 Å². The van der Waals surface area contributed by atoms with Crippen LogP contribution in [-0.4, -0.2) is 20.5 Å². The number of hydrogen-bond acceptors (Lipinski definition) is 4. The molecule has 2 aromatic carbocycles. The predicted molar refractivity (Wildman–Crippen MR) is 93.5 cm³/mol. The van der Waals surface area contributed by atoms with Crippen LogP contribution < -0.4 is 15.4 Å². The molecule has 0 fully saturated rings. The highest BCUT2D eigenvalue weighted by molar-refractivity contribution is 7.89. The van der Waals surface area contributed by atoms with E-state index in [0.717, 1.165) is 16.7 Å². The van der Waals surface area contributed by atoms with Gasteiger partial charge in [-0.05, 0) is 50.1 Å². The van der Waals surface area contributed by atoms with Crippen molar-refractivity contribution >= 4 is 27.3 Å². The van der Waals surface area contributed by atoms with Crippen LogP contribution in [0.1, 0.15) is 16.7 Å². The first-order valence-corrected chi connectivity index (χ1v) is 9.02. The maximum atomic E-state index is 12.5. The van der Waals surface area contributed by atoms with Crippen molar-refractivity contribution in [2.24, 2.45) is 0 Å². The van der Waals surface area contributed by atoms with Crippen molar-refractivity contribution in [2.45, 2.75) is 31.8 Å². The molecule has 0 aliphatic carbocycles. The molecule has 6 nitrogen and oxygen atoms in total. The van der Waals surface area contributed by atoms with Gasteiger partial charge >= 0.3 is 0 Å². The van der Waals surface area contributed by atoms with Crippen LogP contribution in [0.5, 0.6) is 0 Å². The summed E-state index contributed by atoms with van der Waals surface area (Å²) in [5.74, 6) is -0.460. The van der Waals surface area contributed by atoms with Crippen LogP contribution in [0.15, 0.2) is 41.3 Å². The molecule has 7 heteroatoms. The van der Waals surface area contributed by atoms with Gasteiger partial charge in [-0.25, -0.2) is 8.42 Å². The summed E-state index contributed by atoms with van der Waals surface area (Å²) in [4.78, 5) is 12.6. The Morgan fingerprint density at radius 2 is 1.71 bits per heavy atom. The minimum absolute atomic E-state index is 0.142. The summed E-state index contributed by atoms with van der Waals surface area (Å²) >= 11 is 0. The number of anilines is 2. The molecule has 0 unspecified atom stereocenters. The smallest absolute Gasteiger partial charge is 0.262 e. The molecule has 0 bridgehead atoms. The molecular weight excluding hydrogens is 326 g/mol. The molecule has 0 spiro atoms. The number of benzene rings is 2. The van der Waals surface area contributed by atoms with Crippen molar-refractivity contribution < 1.29 is 13.2 Å². The maximum absolute atomic E-state index is 12.5. The van der Waals surface area contributed by atoms with E-state index in [4.69, 9.17) is 0 Å². The largest absolute Gasteiger partial charge is 0.360 e. The minimum Gasteiger partial charge on any atom is -0.360 e. The lowest BCUT2D eigenvalue weighted by Gasteiger charge is -2.27. The Morgan fingerprint density at radius 3 is 2.42 bits per heavy atom. The van der Waals surface area contributed by atoms with E-state index in [-0.39, 0.29) is 4.90 Å². The summed E-state index contributed by atoms with van der Waals surface area (Å²) < 4.78 is 27.0. The van der Waals surface area contributed by atoms with E-state index in [1.165, 1.54) is 6.07 Å². The maximum Gasteiger partial charge on any atom is 0.262 e. The molecule has 1 heterocycles. The molecule has 1 aliphatic heterocycles. The molecule has 0 radical (unpaired) electrons. The van der Waals surface area contributed by atoms with Gasteiger partial charge in [0.1, 0.15) is 4.90 Å². The number of rotatable bonds is 2. The van der Waals surface area contributed by atoms with E-state index < -0.39 is 22.1 Å². The van der Waals surface area contributed by atoms with E-state index in [1.54, 1.807) is 18.2 Å². The van der Waals surface area contributed by atoms with Gasteiger partial charge in [0, 0.05) is 5.69 Å². The molecule has 3 N–H and O–H groups in total. The van der Waals surface area contributed by atoms with Gasteiger partial charge in [0.25, 0.3) is 5.91 Å². The molecule has 0 saturated heterocycles. The van der Waals surface area contributed by atoms with E-state index in [2.05, 4.69) is 15.4 Å². The number of hydrogen-bond donors (Lipinski definition) is 3. The highest BCUT2D eigenvalue weighted by Gasteiger charge is 2.33. The van der Waals surface area contributed by atoms with Crippen LogP contribution in [0.2, 0.25) is 0 Å². The average molecular weight is 345 g/mol. The third-order valence-corrected chi connectivity index (χ3v) is 5.38. The van der Waals surface area contributed by atoms with Gasteiger partial charge < -0.3 is 10.6 Å². The van der Waals surface area contributed by atoms with E-state index in [9.17, 15) is 13.2 Å². The fourth-order valence-corrected chi connectivity index (χ4v) is 3.93. The van der Waals surface area contributed by atoms with Crippen LogP contribution in [0.25, 0.3) is 0 Å². The number of carbonyl (C=O) groups excluding carboxylic acids is 1. The second kappa shape index (κ2) is 5.92. The quantitative estimate of drug-likeness (QED) is 0.779. The molecule has 0 saturated carbocycles. The van der Waals surface area contributed by atoms with Gasteiger partial charge in [-0.3, -0.25) is 4.79 Å². The minimum atomic E-state index is -3.74. The Kier molecular flexibility index (Phi) is 4.06. The van der Waals surface area contributed by atoms with Gasteiger partial charge in [-0.15, -0.1) is 0 Å². The Hall–Kier alpha value is -2.38. The van der Waals surface area contributed by atoms with Crippen LogP contribution in [0.4, 0.5) is 11.4 Å².